The van der Waals surface area contributed by atoms with Gasteiger partial charge >= 0.3 is 0 Å². The van der Waals surface area contributed by atoms with E-state index in [1.807, 2.05) is 41.9 Å². The largest absolute Gasteiger partial charge is 0.313 e. The van der Waals surface area contributed by atoms with Crippen LogP contribution < -0.4 is 0 Å². The fourth-order valence-electron chi connectivity index (χ4n) is 2.76. The Labute approximate surface area is 157 Å². The van der Waals surface area contributed by atoms with Gasteiger partial charge in [0, 0.05) is 35.0 Å². The number of nitrogens with zero attached hydrogens (tertiary/aromatic N) is 3. The second-order valence-electron chi connectivity index (χ2n) is 5.55. The van der Waals surface area contributed by atoms with E-state index in [0.717, 1.165) is 32.8 Å². The fourth-order valence-corrected chi connectivity index (χ4v) is 3.46. The monoisotopic (exact) mass is 419 g/mol. The lowest BCUT2D eigenvalue weighted by atomic mass is 10.1. The van der Waals surface area contributed by atoms with Gasteiger partial charge in [-0.15, -0.1) is 0 Å². The molecule has 6 heteroatoms. The molecule has 3 nitrogen and oxygen atoms in total. The molecule has 0 saturated carbocycles. The molecule has 2 aromatic heterocycles. The van der Waals surface area contributed by atoms with Gasteiger partial charge in [0.25, 0.3) is 0 Å². The maximum atomic E-state index is 6.11. The van der Waals surface area contributed by atoms with Gasteiger partial charge in [0.15, 0.2) is 0 Å². The molecular weight excluding hydrogens is 409 g/mol. The van der Waals surface area contributed by atoms with Gasteiger partial charge in [-0.2, -0.15) is 0 Å². The second-order valence-corrected chi connectivity index (χ2v) is 7.28. The zero-order valence-corrected chi connectivity index (χ0v) is 15.8. The molecule has 4 rings (SSSR count). The Morgan fingerprint density at radius 1 is 0.958 bits per heavy atom. The van der Waals surface area contributed by atoms with E-state index in [2.05, 4.69) is 38.8 Å². The van der Waals surface area contributed by atoms with Crippen molar-refractivity contribution in [2.24, 2.45) is 7.05 Å². The Hall–Kier alpha value is -1.75. The van der Waals surface area contributed by atoms with Crippen LogP contribution in [0.3, 0.4) is 0 Å². The molecular formula is C18H12BrCl2N3. The van der Waals surface area contributed by atoms with E-state index < -0.39 is 0 Å². The van der Waals surface area contributed by atoms with E-state index in [1.165, 1.54) is 0 Å². The highest BCUT2D eigenvalue weighted by molar-refractivity contribution is 9.10. The van der Waals surface area contributed by atoms with Crippen molar-refractivity contribution in [2.45, 2.75) is 0 Å². The number of hydrogen-bond acceptors (Lipinski definition) is 1. The van der Waals surface area contributed by atoms with Crippen molar-refractivity contribution in [3.8, 4) is 22.5 Å². The Morgan fingerprint density at radius 2 is 1.79 bits per heavy atom. The number of benzene rings is 2. The normalized spacial score (nSPS) is 11.3. The first kappa shape index (κ1) is 15.8. The Balaban J connectivity index is 1.82. The molecule has 0 bridgehead atoms. The lowest BCUT2D eigenvalue weighted by molar-refractivity contribution is 0.945. The van der Waals surface area contributed by atoms with Crippen LogP contribution in [0, 0.1) is 0 Å². The van der Waals surface area contributed by atoms with Crippen LogP contribution in [-0.4, -0.2) is 14.0 Å². The molecule has 0 fully saturated rings. The van der Waals surface area contributed by atoms with Crippen LogP contribution >= 0.6 is 39.1 Å². The van der Waals surface area contributed by atoms with Crippen LogP contribution in [0.2, 0.25) is 10.0 Å². The highest BCUT2D eigenvalue weighted by Gasteiger charge is 2.13. The maximum absolute atomic E-state index is 6.11. The van der Waals surface area contributed by atoms with Gasteiger partial charge in [0.05, 0.1) is 21.4 Å². The quantitative estimate of drug-likeness (QED) is 0.385. The second kappa shape index (κ2) is 5.96. The molecule has 120 valence electrons. The Morgan fingerprint density at radius 3 is 2.50 bits per heavy atom. The molecule has 0 amide bonds. The van der Waals surface area contributed by atoms with Crippen molar-refractivity contribution >= 4 is 44.9 Å². The minimum atomic E-state index is 0.529. The summed E-state index contributed by atoms with van der Waals surface area (Å²) in [7, 11) is 2.01. The van der Waals surface area contributed by atoms with Crippen molar-refractivity contribution < 1.29 is 0 Å². The number of aromatic nitrogens is 3. The van der Waals surface area contributed by atoms with Crippen LogP contribution in [0.4, 0.5) is 0 Å². The van der Waals surface area contributed by atoms with E-state index >= 15 is 0 Å². The topological polar surface area (TPSA) is 22.2 Å². The molecule has 0 saturated heterocycles. The van der Waals surface area contributed by atoms with Crippen LogP contribution in [0.15, 0.2) is 59.3 Å². The van der Waals surface area contributed by atoms with Gasteiger partial charge in [-0.1, -0.05) is 57.3 Å². The number of imidazole rings is 2. The van der Waals surface area contributed by atoms with Crippen molar-refractivity contribution in [3.05, 3.63) is 69.4 Å². The van der Waals surface area contributed by atoms with Gasteiger partial charge in [-0.05, 0) is 24.3 Å². The fraction of sp³-hybridized carbons (Fsp3) is 0.0556. The zero-order valence-electron chi connectivity index (χ0n) is 12.7. The highest BCUT2D eigenvalue weighted by atomic mass is 79.9. The van der Waals surface area contributed by atoms with Gasteiger partial charge < -0.3 is 4.57 Å². The molecule has 2 heterocycles. The van der Waals surface area contributed by atoms with Crippen molar-refractivity contribution in [1.29, 1.82) is 0 Å². The van der Waals surface area contributed by atoms with E-state index in [1.54, 1.807) is 6.07 Å². The zero-order chi connectivity index (χ0) is 16.8. The first-order chi connectivity index (χ1) is 11.5. The predicted octanol–water partition coefficient (Wildman–Crippen LogP) is 6.08. The first-order valence-corrected chi connectivity index (χ1v) is 8.83. The van der Waals surface area contributed by atoms with Crippen molar-refractivity contribution in [3.63, 3.8) is 0 Å². The number of aryl methyl sites for hydroxylation is 1. The highest BCUT2D eigenvalue weighted by Crippen LogP contribution is 2.30. The summed E-state index contributed by atoms with van der Waals surface area (Å²) in [4.78, 5) is 4.73. The number of halogens is 3. The van der Waals surface area contributed by atoms with Crippen LogP contribution in [0.5, 0.6) is 0 Å². The van der Waals surface area contributed by atoms with E-state index in [4.69, 9.17) is 28.2 Å². The average Bonchev–Trinajstić information content (AvgIpc) is 3.10. The van der Waals surface area contributed by atoms with Crippen LogP contribution in [0.25, 0.3) is 28.3 Å². The average molecular weight is 421 g/mol. The summed E-state index contributed by atoms with van der Waals surface area (Å²) >= 11 is 15.6. The van der Waals surface area contributed by atoms with E-state index in [-0.39, 0.29) is 0 Å². The minimum Gasteiger partial charge on any atom is -0.313 e. The summed E-state index contributed by atoms with van der Waals surface area (Å²) in [6.45, 7) is 0. The summed E-state index contributed by atoms with van der Waals surface area (Å²) in [6.07, 6.45) is 4.07. The lowest BCUT2D eigenvalue weighted by Gasteiger charge is -2.03. The number of rotatable bonds is 2. The number of hydrogen-bond donors (Lipinski definition) is 0. The summed E-state index contributed by atoms with van der Waals surface area (Å²) in [5.41, 5.74) is 4.03. The predicted molar refractivity (Wildman–Crippen MR) is 103 cm³/mol. The SMILES string of the molecule is Cn1c(-c2cccc(Br)c2)cn2cc(-c3ccc(Cl)c(Cl)c3)nc12. The summed E-state index contributed by atoms with van der Waals surface area (Å²) in [5, 5.41) is 1.07. The summed E-state index contributed by atoms with van der Waals surface area (Å²) in [6, 6.07) is 13.8. The molecule has 0 aliphatic carbocycles. The maximum Gasteiger partial charge on any atom is 0.214 e. The minimum absolute atomic E-state index is 0.529. The smallest absolute Gasteiger partial charge is 0.214 e. The van der Waals surface area contributed by atoms with E-state index in [0.29, 0.717) is 10.0 Å². The molecule has 0 radical (unpaired) electrons. The Kier molecular flexibility index (Phi) is 3.91. The molecule has 24 heavy (non-hydrogen) atoms. The van der Waals surface area contributed by atoms with Gasteiger partial charge in [-0.25, -0.2) is 4.98 Å². The van der Waals surface area contributed by atoms with Crippen LogP contribution in [-0.2, 0) is 7.05 Å². The van der Waals surface area contributed by atoms with Gasteiger partial charge in [0.2, 0.25) is 5.78 Å². The molecule has 0 N–H and O–H groups in total. The molecule has 0 unspecified atom stereocenters. The first-order valence-electron chi connectivity index (χ1n) is 7.29. The standard InChI is InChI=1S/C18H12BrCl2N3/c1-23-17(12-3-2-4-13(19)7-12)10-24-9-16(22-18(23)24)11-5-6-14(20)15(21)8-11/h2-10H,1H3. The number of fused-ring (bicyclic) bond motifs is 1. The molecule has 4 aromatic rings. The molecule has 0 atom stereocenters. The summed E-state index contributed by atoms with van der Waals surface area (Å²) in [5.74, 6) is 0.867. The van der Waals surface area contributed by atoms with E-state index in [9.17, 15) is 0 Å². The molecule has 0 aliphatic rings. The molecule has 0 aliphatic heterocycles. The van der Waals surface area contributed by atoms with Gasteiger partial charge in [0.1, 0.15) is 0 Å². The molecule has 0 spiro atoms. The Bertz CT molecular complexity index is 1070. The third-order valence-electron chi connectivity index (χ3n) is 3.97. The van der Waals surface area contributed by atoms with Crippen molar-refractivity contribution in [2.75, 3.05) is 0 Å². The van der Waals surface area contributed by atoms with Crippen LogP contribution in [0.1, 0.15) is 0 Å². The summed E-state index contributed by atoms with van der Waals surface area (Å²) < 4.78 is 5.15. The molecule has 2 aromatic carbocycles. The lowest BCUT2D eigenvalue weighted by Crippen LogP contribution is -1.92. The third kappa shape index (κ3) is 2.65. The van der Waals surface area contributed by atoms with Crippen molar-refractivity contribution in [1.82, 2.24) is 14.0 Å². The van der Waals surface area contributed by atoms with Gasteiger partial charge in [-0.3, -0.25) is 4.40 Å². The third-order valence-corrected chi connectivity index (χ3v) is 5.20.